The standard InChI is InChI=1S/C21H23ClN4O4/c22-15-1-2-18-16(9-15)17(27)10-21(30-18)5-3-20(29)26(8-6-21)13-19(28)23-7-4-14-11-24-25-12-14/h1-2,9,11-12H,3-8,10,13H2,(H,23,28)(H,24,25)/t21-/m0/s1. The lowest BCUT2D eigenvalue weighted by Crippen LogP contribution is -2.44. The van der Waals surface area contributed by atoms with Crippen molar-refractivity contribution in [3.8, 4) is 5.75 Å². The van der Waals surface area contributed by atoms with Crippen LogP contribution in [0.3, 0.4) is 0 Å². The summed E-state index contributed by atoms with van der Waals surface area (Å²) in [6.45, 7) is 0.839. The summed E-state index contributed by atoms with van der Waals surface area (Å²) in [6.07, 6.45) is 5.53. The van der Waals surface area contributed by atoms with Gasteiger partial charge in [-0.1, -0.05) is 11.6 Å². The van der Waals surface area contributed by atoms with E-state index in [1.165, 1.54) is 0 Å². The zero-order valence-electron chi connectivity index (χ0n) is 16.4. The molecule has 158 valence electrons. The number of likely N-dealkylation sites (tertiary alicyclic amines) is 1. The van der Waals surface area contributed by atoms with Crippen LogP contribution in [0.15, 0.2) is 30.6 Å². The van der Waals surface area contributed by atoms with Crippen molar-refractivity contribution in [3.63, 3.8) is 0 Å². The van der Waals surface area contributed by atoms with Crippen LogP contribution in [0.1, 0.15) is 41.6 Å². The van der Waals surface area contributed by atoms with Crippen LogP contribution in [0.2, 0.25) is 5.02 Å². The van der Waals surface area contributed by atoms with Gasteiger partial charge in [-0.3, -0.25) is 19.5 Å². The minimum atomic E-state index is -0.722. The Morgan fingerprint density at radius 3 is 3.00 bits per heavy atom. The number of halogens is 1. The summed E-state index contributed by atoms with van der Waals surface area (Å²) in [6, 6.07) is 5.01. The van der Waals surface area contributed by atoms with Crippen LogP contribution in [0.4, 0.5) is 0 Å². The van der Waals surface area contributed by atoms with Crippen molar-refractivity contribution in [3.05, 3.63) is 46.7 Å². The molecule has 2 aliphatic heterocycles. The van der Waals surface area contributed by atoms with Crippen molar-refractivity contribution in [2.24, 2.45) is 0 Å². The van der Waals surface area contributed by atoms with Crippen LogP contribution in [0.5, 0.6) is 5.75 Å². The van der Waals surface area contributed by atoms with Crippen molar-refractivity contribution in [2.45, 2.75) is 37.7 Å². The van der Waals surface area contributed by atoms with Crippen molar-refractivity contribution in [1.82, 2.24) is 20.4 Å². The number of hydrogen-bond acceptors (Lipinski definition) is 5. The molecule has 3 heterocycles. The highest BCUT2D eigenvalue weighted by Crippen LogP contribution is 2.40. The monoisotopic (exact) mass is 430 g/mol. The normalized spacial score (nSPS) is 21.2. The van der Waals surface area contributed by atoms with Crippen LogP contribution >= 0.6 is 11.6 Å². The number of hydrogen-bond donors (Lipinski definition) is 2. The van der Waals surface area contributed by atoms with Gasteiger partial charge >= 0.3 is 0 Å². The molecule has 1 aromatic carbocycles. The quantitative estimate of drug-likeness (QED) is 0.756. The molecule has 1 aromatic heterocycles. The summed E-state index contributed by atoms with van der Waals surface area (Å²) in [5.74, 6) is 0.170. The van der Waals surface area contributed by atoms with E-state index in [4.69, 9.17) is 16.3 Å². The van der Waals surface area contributed by atoms with Gasteiger partial charge in [-0.25, -0.2) is 0 Å². The zero-order chi connectivity index (χ0) is 21.1. The number of carbonyl (C=O) groups is 3. The summed E-state index contributed by atoms with van der Waals surface area (Å²) in [5.41, 5.74) is 0.765. The molecule has 1 atom stereocenters. The number of nitrogens with one attached hydrogen (secondary N) is 2. The first-order chi connectivity index (χ1) is 14.4. The third-order valence-electron chi connectivity index (χ3n) is 5.66. The van der Waals surface area contributed by atoms with Crippen molar-refractivity contribution >= 4 is 29.2 Å². The van der Waals surface area contributed by atoms with E-state index in [1.807, 2.05) is 0 Å². The lowest BCUT2D eigenvalue weighted by Gasteiger charge is -2.37. The number of aromatic nitrogens is 2. The van der Waals surface area contributed by atoms with Gasteiger partial charge in [0.2, 0.25) is 11.8 Å². The molecule has 9 heteroatoms. The van der Waals surface area contributed by atoms with E-state index in [9.17, 15) is 14.4 Å². The largest absolute Gasteiger partial charge is 0.486 e. The fourth-order valence-electron chi connectivity index (χ4n) is 3.98. The predicted octanol–water partition coefficient (Wildman–Crippen LogP) is 2.14. The van der Waals surface area contributed by atoms with Gasteiger partial charge in [0.1, 0.15) is 11.4 Å². The second kappa shape index (κ2) is 8.47. The highest BCUT2D eigenvalue weighted by molar-refractivity contribution is 6.31. The second-order valence-corrected chi connectivity index (χ2v) is 8.23. The molecule has 1 spiro atoms. The van der Waals surface area contributed by atoms with Crippen molar-refractivity contribution < 1.29 is 19.1 Å². The van der Waals surface area contributed by atoms with Crippen LogP contribution in [-0.2, 0) is 16.0 Å². The summed E-state index contributed by atoms with van der Waals surface area (Å²) < 4.78 is 6.21. The van der Waals surface area contributed by atoms with Crippen molar-refractivity contribution in [2.75, 3.05) is 19.6 Å². The number of amides is 2. The smallest absolute Gasteiger partial charge is 0.239 e. The topological polar surface area (TPSA) is 104 Å². The van der Waals surface area contributed by atoms with Gasteiger partial charge in [0.05, 0.1) is 24.7 Å². The first-order valence-corrected chi connectivity index (χ1v) is 10.4. The van der Waals surface area contributed by atoms with Crippen LogP contribution in [0.25, 0.3) is 0 Å². The third kappa shape index (κ3) is 4.48. The number of rotatable bonds is 5. The molecule has 1 fully saturated rings. The molecule has 2 aromatic rings. The molecule has 0 radical (unpaired) electrons. The van der Waals surface area contributed by atoms with E-state index in [0.717, 1.165) is 5.56 Å². The number of benzene rings is 1. The molecule has 30 heavy (non-hydrogen) atoms. The molecule has 2 N–H and O–H groups in total. The van der Waals surface area contributed by atoms with Gasteiger partial charge in [-0.15, -0.1) is 0 Å². The van der Waals surface area contributed by atoms with E-state index in [2.05, 4.69) is 15.5 Å². The van der Waals surface area contributed by atoms with Gasteiger partial charge in [-0.2, -0.15) is 5.10 Å². The first kappa shape index (κ1) is 20.4. The Bertz CT molecular complexity index is 962. The fraction of sp³-hybridized carbons (Fsp3) is 0.429. The number of fused-ring (bicyclic) bond motifs is 1. The highest BCUT2D eigenvalue weighted by atomic mass is 35.5. The van der Waals surface area contributed by atoms with Crippen LogP contribution in [-0.4, -0.2) is 57.9 Å². The molecule has 1 saturated heterocycles. The lowest BCUT2D eigenvalue weighted by atomic mass is 9.84. The Labute approximate surface area is 178 Å². The number of ketones is 1. The van der Waals surface area contributed by atoms with E-state index < -0.39 is 5.60 Å². The number of H-pyrrole nitrogens is 1. The minimum absolute atomic E-state index is 0.000438. The van der Waals surface area contributed by atoms with E-state index in [1.54, 1.807) is 35.5 Å². The SMILES string of the molecule is O=C(CN1CC[C@@]2(CCC1=O)CC(=O)c1cc(Cl)ccc1O2)NCCc1cn[nH]c1. The third-order valence-corrected chi connectivity index (χ3v) is 5.90. The second-order valence-electron chi connectivity index (χ2n) is 7.80. The Morgan fingerprint density at radius 1 is 1.33 bits per heavy atom. The Balaban J connectivity index is 1.35. The number of aromatic amines is 1. The molecular weight excluding hydrogens is 408 g/mol. The fourth-order valence-corrected chi connectivity index (χ4v) is 4.16. The number of nitrogens with zero attached hydrogens (tertiary/aromatic N) is 2. The maximum atomic E-state index is 12.7. The van der Waals surface area contributed by atoms with Gasteiger partial charge in [0.15, 0.2) is 5.78 Å². The summed E-state index contributed by atoms with van der Waals surface area (Å²) >= 11 is 6.00. The van der Waals surface area contributed by atoms with Gasteiger partial charge in [0, 0.05) is 37.2 Å². The van der Waals surface area contributed by atoms with Crippen molar-refractivity contribution in [1.29, 1.82) is 0 Å². The minimum Gasteiger partial charge on any atom is -0.486 e. The van der Waals surface area contributed by atoms with E-state index in [-0.39, 0.29) is 37.0 Å². The number of carbonyl (C=O) groups excluding carboxylic acids is 3. The average molecular weight is 431 g/mol. The number of Topliss-reactive ketones (excluding diaryl/α,β-unsaturated/α-hetero) is 1. The van der Waals surface area contributed by atoms with Gasteiger partial charge in [0.25, 0.3) is 0 Å². The highest BCUT2D eigenvalue weighted by Gasteiger charge is 2.43. The summed E-state index contributed by atoms with van der Waals surface area (Å²) in [4.78, 5) is 39.1. The zero-order valence-corrected chi connectivity index (χ0v) is 17.2. The summed E-state index contributed by atoms with van der Waals surface area (Å²) in [5, 5.41) is 9.92. The Morgan fingerprint density at radius 2 is 2.20 bits per heavy atom. The molecule has 0 bridgehead atoms. The lowest BCUT2D eigenvalue weighted by molar-refractivity contribution is -0.135. The van der Waals surface area contributed by atoms with Gasteiger partial charge < -0.3 is 15.0 Å². The van der Waals surface area contributed by atoms with Gasteiger partial charge in [-0.05, 0) is 36.6 Å². The Hall–Kier alpha value is -2.87. The molecule has 0 aliphatic carbocycles. The molecule has 2 amide bonds. The molecular formula is C21H23ClN4O4. The molecule has 8 nitrogen and oxygen atoms in total. The van der Waals surface area contributed by atoms with Crippen LogP contribution < -0.4 is 10.1 Å². The molecule has 2 aliphatic rings. The average Bonchev–Trinajstić information content (AvgIpc) is 3.19. The predicted molar refractivity (Wildman–Crippen MR) is 109 cm³/mol. The maximum absolute atomic E-state index is 12.7. The van der Waals surface area contributed by atoms with Crippen LogP contribution in [0, 0.1) is 0 Å². The summed E-state index contributed by atoms with van der Waals surface area (Å²) in [7, 11) is 0. The Kier molecular flexibility index (Phi) is 5.76. The van der Waals surface area contributed by atoms with E-state index >= 15 is 0 Å². The molecule has 0 saturated carbocycles. The van der Waals surface area contributed by atoms with E-state index in [0.29, 0.717) is 48.7 Å². The number of ether oxygens (including phenoxy) is 1. The molecule has 0 unspecified atom stereocenters. The molecule has 4 rings (SSSR count). The first-order valence-electron chi connectivity index (χ1n) is 9.98. The maximum Gasteiger partial charge on any atom is 0.239 e.